The molecule has 2 heteroatoms. The molecular weight excluding hydrogens is 138 g/mol. The van der Waals surface area contributed by atoms with Gasteiger partial charge < -0.3 is 10.1 Å². The summed E-state index contributed by atoms with van der Waals surface area (Å²) < 4.78 is 5.45. The fraction of sp³-hybridized carbons (Fsp3) is 0.667. The maximum Gasteiger partial charge on any atom is 0.0819 e. The molecule has 0 saturated carbocycles. The molecule has 0 aromatic rings. The van der Waals surface area contributed by atoms with Crippen LogP contribution in [0.3, 0.4) is 0 Å². The molecule has 0 fully saturated rings. The number of hydrogen-bond acceptors (Lipinski definition) is 2. The lowest BCUT2D eigenvalue weighted by molar-refractivity contribution is -0.00963. The van der Waals surface area contributed by atoms with E-state index < -0.39 is 0 Å². The van der Waals surface area contributed by atoms with Crippen LogP contribution in [0.5, 0.6) is 0 Å². The van der Waals surface area contributed by atoms with E-state index in [1.54, 1.807) is 0 Å². The Hall–Kier alpha value is -0.630. The Morgan fingerprint density at radius 1 is 1.64 bits per heavy atom. The molecule has 0 spiro atoms. The monoisotopic (exact) mass is 155 g/mol. The molecule has 1 unspecified atom stereocenters. The quantitative estimate of drug-likeness (QED) is 0.463. The number of hydrogen-bond donors (Lipinski definition) is 1. The molecular formula is C9H17NO. The van der Waals surface area contributed by atoms with Crippen molar-refractivity contribution >= 4 is 6.21 Å². The Balaban J connectivity index is 3.86. The van der Waals surface area contributed by atoms with Crippen molar-refractivity contribution in [1.82, 2.24) is 0 Å². The summed E-state index contributed by atoms with van der Waals surface area (Å²) in [6.45, 7) is 8.18. The predicted octanol–water partition coefficient (Wildman–Crippen LogP) is 2.40. The second kappa shape index (κ2) is 5.08. The van der Waals surface area contributed by atoms with Crippen molar-refractivity contribution in [3.8, 4) is 0 Å². The first-order valence-corrected chi connectivity index (χ1v) is 3.92. The van der Waals surface area contributed by atoms with Gasteiger partial charge in [0.2, 0.25) is 0 Å². The molecule has 0 amide bonds. The van der Waals surface area contributed by atoms with Gasteiger partial charge in [0, 0.05) is 6.21 Å². The maximum absolute atomic E-state index is 6.81. The third-order valence-electron chi connectivity index (χ3n) is 1.84. The molecule has 0 aliphatic heterocycles. The van der Waals surface area contributed by atoms with Crippen LogP contribution in [-0.2, 0) is 4.74 Å². The molecule has 64 valence electrons. The zero-order chi connectivity index (χ0) is 8.74. The van der Waals surface area contributed by atoms with Crippen molar-refractivity contribution in [3.63, 3.8) is 0 Å². The van der Waals surface area contributed by atoms with E-state index >= 15 is 0 Å². The molecule has 0 radical (unpaired) electrons. The summed E-state index contributed by atoms with van der Waals surface area (Å²) >= 11 is 0. The summed E-state index contributed by atoms with van der Waals surface area (Å²) in [7, 11) is 0. The Bertz CT molecular complexity index is 134. The summed E-state index contributed by atoms with van der Waals surface area (Å²) in [5, 5.41) is 6.81. The SMILES string of the molecule is C=CCC(C)(CC)OCC=N. The molecule has 0 rings (SSSR count). The van der Waals surface area contributed by atoms with E-state index in [0.717, 1.165) is 12.8 Å². The minimum absolute atomic E-state index is 0.126. The van der Waals surface area contributed by atoms with Crippen LogP contribution >= 0.6 is 0 Å². The van der Waals surface area contributed by atoms with Gasteiger partial charge in [-0.15, -0.1) is 6.58 Å². The second-order valence-corrected chi connectivity index (χ2v) is 2.81. The highest BCUT2D eigenvalue weighted by Gasteiger charge is 2.19. The molecule has 1 atom stereocenters. The zero-order valence-electron chi connectivity index (χ0n) is 7.39. The number of nitrogens with one attached hydrogen (secondary N) is 1. The standard InChI is InChI=1S/C9H17NO/c1-4-6-9(3,5-2)11-8-7-10/h4,7,10H,1,5-6,8H2,2-3H3. The van der Waals surface area contributed by atoms with E-state index in [9.17, 15) is 0 Å². The maximum atomic E-state index is 6.81. The van der Waals surface area contributed by atoms with Gasteiger partial charge in [0.25, 0.3) is 0 Å². The van der Waals surface area contributed by atoms with Crippen molar-refractivity contribution in [2.45, 2.75) is 32.3 Å². The molecule has 11 heavy (non-hydrogen) atoms. The van der Waals surface area contributed by atoms with Gasteiger partial charge in [-0.1, -0.05) is 13.0 Å². The molecule has 0 aromatic heterocycles. The lowest BCUT2D eigenvalue weighted by Gasteiger charge is -2.26. The van der Waals surface area contributed by atoms with Gasteiger partial charge in [-0.05, 0) is 19.8 Å². The van der Waals surface area contributed by atoms with E-state index in [4.69, 9.17) is 10.1 Å². The summed E-state index contributed by atoms with van der Waals surface area (Å²) in [5.41, 5.74) is -0.126. The molecule has 2 nitrogen and oxygen atoms in total. The van der Waals surface area contributed by atoms with Crippen LogP contribution in [0, 0.1) is 5.41 Å². The highest BCUT2D eigenvalue weighted by Crippen LogP contribution is 2.19. The highest BCUT2D eigenvalue weighted by molar-refractivity contribution is 5.54. The van der Waals surface area contributed by atoms with Crippen molar-refractivity contribution in [1.29, 1.82) is 5.41 Å². The first-order chi connectivity index (χ1) is 5.18. The Morgan fingerprint density at radius 2 is 2.27 bits per heavy atom. The fourth-order valence-corrected chi connectivity index (χ4v) is 0.854. The van der Waals surface area contributed by atoms with E-state index in [2.05, 4.69) is 13.5 Å². The number of ether oxygens (including phenoxy) is 1. The molecule has 1 N–H and O–H groups in total. The minimum Gasteiger partial charge on any atom is -0.369 e. The van der Waals surface area contributed by atoms with Gasteiger partial charge in [-0.25, -0.2) is 0 Å². The molecule has 0 heterocycles. The normalized spacial score (nSPS) is 15.5. The van der Waals surface area contributed by atoms with Crippen LogP contribution in [0.15, 0.2) is 12.7 Å². The van der Waals surface area contributed by atoms with Crippen molar-refractivity contribution in [2.24, 2.45) is 0 Å². The fourth-order valence-electron chi connectivity index (χ4n) is 0.854. The van der Waals surface area contributed by atoms with E-state index in [-0.39, 0.29) is 5.60 Å². The van der Waals surface area contributed by atoms with Gasteiger partial charge in [0.1, 0.15) is 0 Å². The predicted molar refractivity (Wildman–Crippen MR) is 48.2 cm³/mol. The first-order valence-electron chi connectivity index (χ1n) is 3.92. The largest absolute Gasteiger partial charge is 0.369 e. The summed E-state index contributed by atoms with van der Waals surface area (Å²) in [6, 6.07) is 0. The Kier molecular flexibility index (Phi) is 4.79. The van der Waals surface area contributed by atoms with Crippen molar-refractivity contribution in [3.05, 3.63) is 12.7 Å². The second-order valence-electron chi connectivity index (χ2n) is 2.81. The lowest BCUT2D eigenvalue weighted by Crippen LogP contribution is -2.27. The van der Waals surface area contributed by atoms with Gasteiger partial charge >= 0.3 is 0 Å². The van der Waals surface area contributed by atoms with Gasteiger partial charge in [0.15, 0.2) is 0 Å². The zero-order valence-corrected chi connectivity index (χ0v) is 7.39. The molecule has 0 aliphatic rings. The molecule has 0 aliphatic carbocycles. The summed E-state index contributed by atoms with van der Waals surface area (Å²) in [4.78, 5) is 0. The lowest BCUT2D eigenvalue weighted by atomic mass is 9.99. The van der Waals surface area contributed by atoms with Crippen LogP contribution in [0.4, 0.5) is 0 Å². The molecule has 0 aromatic carbocycles. The van der Waals surface area contributed by atoms with Crippen molar-refractivity contribution < 1.29 is 4.74 Å². The Morgan fingerprint density at radius 3 is 2.64 bits per heavy atom. The van der Waals surface area contributed by atoms with Gasteiger partial charge in [-0.3, -0.25) is 0 Å². The molecule has 0 saturated heterocycles. The van der Waals surface area contributed by atoms with Crippen LogP contribution < -0.4 is 0 Å². The van der Waals surface area contributed by atoms with Gasteiger partial charge in [-0.2, -0.15) is 0 Å². The summed E-state index contributed by atoms with van der Waals surface area (Å²) in [5.74, 6) is 0. The Labute approximate surface area is 68.8 Å². The van der Waals surface area contributed by atoms with Crippen LogP contribution in [0.1, 0.15) is 26.7 Å². The average Bonchev–Trinajstić information content (AvgIpc) is 2.02. The average molecular weight is 155 g/mol. The number of rotatable bonds is 6. The highest BCUT2D eigenvalue weighted by atomic mass is 16.5. The summed E-state index contributed by atoms with van der Waals surface area (Å²) in [6.07, 6.45) is 4.93. The third-order valence-corrected chi connectivity index (χ3v) is 1.84. The van der Waals surface area contributed by atoms with Gasteiger partial charge in [0.05, 0.1) is 12.2 Å². The van der Waals surface area contributed by atoms with E-state index in [1.807, 2.05) is 13.0 Å². The van der Waals surface area contributed by atoms with Crippen molar-refractivity contribution in [2.75, 3.05) is 6.61 Å². The smallest absolute Gasteiger partial charge is 0.0819 e. The van der Waals surface area contributed by atoms with E-state index in [0.29, 0.717) is 6.61 Å². The van der Waals surface area contributed by atoms with Crippen LogP contribution in [0.25, 0.3) is 0 Å². The van der Waals surface area contributed by atoms with Crippen LogP contribution in [-0.4, -0.2) is 18.4 Å². The van der Waals surface area contributed by atoms with E-state index in [1.165, 1.54) is 6.21 Å². The molecule has 0 bridgehead atoms. The minimum atomic E-state index is -0.126. The van der Waals surface area contributed by atoms with Crippen LogP contribution in [0.2, 0.25) is 0 Å². The topological polar surface area (TPSA) is 33.1 Å². The first kappa shape index (κ1) is 10.4. The third kappa shape index (κ3) is 3.94.